The molecule has 0 heterocycles. The van der Waals surface area contributed by atoms with Gasteiger partial charge in [0.2, 0.25) is 0 Å². The van der Waals surface area contributed by atoms with Gasteiger partial charge in [0.05, 0.1) is 0 Å². The van der Waals surface area contributed by atoms with Crippen molar-refractivity contribution in [3.63, 3.8) is 0 Å². The van der Waals surface area contributed by atoms with E-state index in [1.165, 1.54) is 12.8 Å². The van der Waals surface area contributed by atoms with E-state index < -0.39 is 0 Å². The summed E-state index contributed by atoms with van der Waals surface area (Å²) in [6, 6.07) is 0. The predicted molar refractivity (Wildman–Crippen MR) is 38.7 cm³/mol. The highest BCUT2D eigenvalue weighted by Crippen LogP contribution is 2.19. The van der Waals surface area contributed by atoms with Crippen molar-refractivity contribution in [2.45, 2.75) is 25.7 Å². The van der Waals surface area contributed by atoms with Crippen LogP contribution in [0.2, 0.25) is 0 Å². The molecule has 1 atom stereocenters. The Kier molecular flexibility index (Phi) is 2.22. The van der Waals surface area contributed by atoms with Crippen LogP contribution in [0.4, 0.5) is 0 Å². The molecular formula is C7H14N2. The molecule has 1 aliphatic rings. The van der Waals surface area contributed by atoms with Gasteiger partial charge >= 0.3 is 0 Å². The fourth-order valence-corrected chi connectivity index (χ4v) is 1.34. The number of nitrogens with two attached hydrogens (primary N) is 1. The van der Waals surface area contributed by atoms with Crippen LogP contribution in [-0.4, -0.2) is 12.3 Å². The summed E-state index contributed by atoms with van der Waals surface area (Å²) in [5, 5.41) is 7.47. The van der Waals surface area contributed by atoms with Crippen LogP contribution in [0.1, 0.15) is 25.7 Å². The maximum atomic E-state index is 7.47. The van der Waals surface area contributed by atoms with Crippen LogP contribution in [-0.2, 0) is 0 Å². The SMILES string of the molecule is N=C1CCCCC1CN. The molecular weight excluding hydrogens is 112 g/mol. The summed E-state index contributed by atoms with van der Waals surface area (Å²) >= 11 is 0. The molecule has 1 rings (SSSR count). The molecule has 9 heavy (non-hydrogen) atoms. The number of hydrogen-bond acceptors (Lipinski definition) is 2. The molecule has 2 nitrogen and oxygen atoms in total. The highest BCUT2D eigenvalue weighted by Gasteiger charge is 2.16. The molecule has 0 amide bonds. The molecule has 1 fully saturated rings. The summed E-state index contributed by atoms with van der Waals surface area (Å²) in [5.74, 6) is 0.416. The van der Waals surface area contributed by atoms with Crippen LogP contribution in [0.5, 0.6) is 0 Å². The Labute approximate surface area is 55.9 Å². The summed E-state index contributed by atoms with van der Waals surface area (Å²) < 4.78 is 0. The van der Waals surface area contributed by atoms with Crippen molar-refractivity contribution in [2.24, 2.45) is 11.7 Å². The highest BCUT2D eigenvalue weighted by atomic mass is 14.6. The van der Waals surface area contributed by atoms with Crippen LogP contribution < -0.4 is 5.73 Å². The lowest BCUT2D eigenvalue weighted by molar-refractivity contribution is 0.531. The topological polar surface area (TPSA) is 49.9 Å². The van der Waals surface area contributed by atoms with Crippen LogP contribution in [0.25, 0.3) is 0 Å². The first-order valence-corrected chi connectivity index (χ1v) is 3.62. The third kappa shape index (κ3) is 1.52. The van der Waals surface area contributed by atoms with E-state index >= 15 is 0 Å². The van der Waals surface area contributed by atoms with Crippen molar-refractivity contribution in [1.29, 1.82) is 5.41 Å². The second-order valence-electron chi connectivity index (χ2n) is 2.70. The lowest BCUT2D eigenvalue weighted by Crippen LogP contribution is -2.25. The van der Waals surface area contributed by atoms with Crippen molar-refractivity contribution in [3.8, 4) is 0 Å². The Balaban J connectivity index is 2.39. The van der Waals surface area contributed by atoms with Gasteiger partial charge in [0.15, 0.2) is 0 Å². The minimum Gasteiger partial charge on any atom is -0.330 e. The monoisotopic (exact) mass is 126 g/mol. The zero-order valence-corrected chi connectivity index (χ0v) is 5.69. The smallest absolute Gasteiger partial charge is 0.0133 e. The van der Waals surface area contributed by atoms with E-state index in [4.69, 9.17) is 11.1 Å². The first-order chi connectivity index (χ1) is 4.34. The zero-order chi connectivity index (χ0) is 6.69. The quantitative estimate of drug-likeness (QED) is 0.544. The fraction of sp³-hybridized carbons (Fsp3) is 0.857. The summed E-state index contributed by atoms with van der Waals surface area (Å²) in [6.45, 7) is 0.679. The lowest BCUT2D eigenvalue weighted by atomic mass is 9.87. The Morgan fingerprint density at radius 2 is 2.33 bits per heavy atom. The van der Waals surface area contributed by atoms with Gasteiger partial charge in [-0.05, 0) is 19.3 Å². The van der Waals surface area contributed by atoms with Crippen molar-refractivity contribution in [3.05, 3.63) is 0 Å². The molecule has 0 bridgehead atoms. The summed E-state index contributed by atoms with van der Waals surface area (Å²) in [6.07, 6.45) is 4.61. The van der Waals surface area contributed by atoms with E-state index in [0.29, 0.717) is 12.5 Å². The van der Waals surface area contributed by atoms with Gasteiger partial charge < -0.3 is 11.1 Å². The molecule has 52 valence electrons. The van der Waals surface area contributed by atoms with E-state index in [1.54, 1.807) is 0 Å². The summed E-state index contributed by atoms with van der Waals surface area (Å²) in [4.78, 5) is 0. The molecule has 1 unspecified atom stereocenters. The van der Waals surface area contributed by atoms with Gasteiger partial charge in [0.25, 0.3) is 0 Å². The van der Waals surface area contributed by atoms with E-state index in [9.17, 15) is 0 Å². The van der Waals surface area contributed by atoms with Crippen LogP contribution in [0, 0.1) is 11.3 Å². The standard InChI is InChI=1S/C7H14N2/c8-5-6-3-1-2-4-7(6)9/h6,9H,1-5,8H2. The minimum atomic E-state index is 0.416. The average molecular weight is 126 g/mol. The Bertz CT molecular complexity index is 109. The first-order valence-electron chi connectivity index (χ1n) is 3.62. The maximum absolute atomic E-state index is 7.47. The summed E-state index contributed by atoms with van der Waals surface area (Å²) in [7, 11) is 0. The van der Waals surface area contributed by atoms with E-state index in [-0.39, 0.29) is 0 Å². The second-order valence-corrected chi connectivity index (χ2v) is 2.70. The molecule has 0 aromatic rings. The minimum absolute atomic E-state index is 0.416. The Morgan fingerprint density at radius 1 is 1.56 bits per heavy atom. The van der Waals surface area contributed by atoms with Gasteiger partial charge in [0, 0.05) is 18.2 Å². The molecule has 3 N–H and O–H groups in total. The fourth-order valence-electron chi connectivity index (χ4n) is 1.34. The van der Waals surface area contributed by atoms with Crippen LogP contribution >= 0.6 is 0 Å². The lowest BCUT2D eigenvalue weighted by Gasteiger charge is -2.20. The van der Waals surface area contributed by atoms with E-state index in [1.807, 2.05) is 0 Å². The molecule has 0 spiro atoms. The van der Waals surface area contributed by atoms with E-state index in [0.717, 1.165) is 18.6 Å². The van der Waals surface area contributed by atoms with Gasteiger partial charge in [-0.25, -0.2) is 0 Å². The van der Waals surface area contributed by atoms with Crippen LogP contribution in [0.3, 0.4) is 0 Å². The summed E-state index contributed by atoms with van der Waals surface area (Å²) in [5.41, 5.74) is 6.33. The van der Waals surface area contributed by atoms with Gasteiger partial charge in [-0.2, -0.15) is 0 Å². The van der Waals surface area contributed by atoms with Crippen LogP contribution in [0.15, 0.2) is 0 Å². The van der Waals surface area contributed by atoms with Gasteiger partial charge in [0.1, 0.15) is 0 Å². The molecule has 0 radical (unpaired) electrons. The third-order valence-corrected chi connectivity index (χ3v) is 2.03. The Hall–Kier alpha value is -0.370. The van der Waals surface area contributed by atoms with Gasteiger partial charge in [-0.15, -0.1) is 0 Å². The molecule has 0 aromatic heterocycles. The third-order valence-electron chi connectivity index (χ3n) is 2.03. The zero-order valence-electron chi connectivity index (χ0n) is 5.69. The second kappa shape index (κ2) is 2.97. The maximum Gasteiger partial charge on any atom is 0.0133 e. The molecule has 2 heteroatoms. The molecule has 0 aromatic carbocycles. The van der Waals surface area contributed by atoms with Gasteiger partial charge in [-0.1, -0.05) is 6.42 Å². The highest BCUT2D eigenvalue weighted by molar-refractivity contribution is 5.84. The van der Waals surface area contributed by atoms with Crippen molar-refractivity contribution < 1.29 is 0 Å². The van der Waals surface area contributed by atoms with Gasteiger partial charge in [-0.3, -0.25) is 0 Å². The van der Waals surface area contributed by atoms with Crippen molar-refractivity contribution in [2.75, 3.05) is 6.54 Å². The average Bonchev–Trinajstić information content (AvgIpc) is 1.89. The number of rotatable bonds is 1. The molecule has 0 saturated heterocycles. The normalized spacial score (nSPS) is 28.6. The number of hydrogen-bond donors (Lipinski definition) is 2. The predicted octanol–water partition coefficient (Wildman–Crippen LogP) is 1.16. The Morgan fingerprint density at radius 3 is 2.78 bits per heavy atom. The van der Waals surface area contributed by atoms with E-state index in [2.05, 4.69) is 0 Å². The molecule has 1 aliphatic carbocycles. The first kappa shape index (κ1) is 6.75. The molecule has 1 saturated carbocycles. The van der Waals surface area contributed by atoms with Crippen molar-refractivity contribution >= 4 is 5.71 Å². The largest absolute Gasteiger partial charge is 0.330 e. The molecule has 0 aliphatic heterocycles. The number of nitrogens with one attached hydrogen (secondary N) is 1. The van der Waals surface area contributed by atoms with Crippen molar-refractivity contribution in [1.82, 2.24) is 0 Å².